The Morgan fingerprint density at radius 2 is 2.00 bits per heavy atom. The third kappa shape index (κ3) is 2.03. The second-order valence-electron chi connectivity index (χ2n) is 4.94. The molecular formula is C12H16FN5. The van der Waals surface area contributed by atoms with Gasteiger partial charge in [-0.2, -0.15) is 4.98 Å². The van der Waals surface area contributed by atoms with Crippen molar-refractivity contribution in [3.05, 3.63) is 24.1 Å². The van der Waals surface area contributed by atoms with Gasteiger partial charge in [-0.1, -0.05) is 0 Å². The molecule has 0 bridgehead atoms. The number of anilines is 1. The molecule has 3 heterocycles. The number of nitrogens with zero attached hydrogens (tertiary/aromatic N) is 4. The Hall–Kier alpha value is -1.69. The fourth-order valence-corrected chi connectivity index (χ4v) is 2.47. The van der Waals surface area contributed by atoms with Crippen molar-refractivity contribution in [2.45, 2.75) is 25.9 Å². The second-order valence-corrected chi connectivity index (χ2v) is 4.94. The molecule has 2 aromatic rings. The van der Waals surface area contributed by atoms with Gasteiger partial charge in [-0.05, 0) is 26.0 Å². The van der Waals surface area contributed by atoms with Crippen molar-refractivity contribution in [3.63, 3.8) is 0 Å². The van der Waals surface area contributed by atoms with Crippen LogP contribution in [0.1, 0.15) is 13.8 Å². The molecule has 0 saturated carbocycles. The molecule has 0 radical (unpaired) electrons. The number of fused-ring (bicyclic) bond motifs is 1. The summed E-state index contributed by atoms with van der Waals surface area (Å²) in [5, 5.41) is 7.79. The van der Waals surface area contributed by atoms with Crippen molar-refractivity contribution in [1.29, 1.82) is 0 Å². The van der Waals surface area contributed by atoms with Crippen LogP contribution in [0.25, 0.3) is 5.65 Å². The van der Waals surface area contributed by atoms with E-state index in [1.165, 1.54) is 16.8 Å². The van der Waals surface area contributed by atoms with E-state index in [9.17, 15) is 4.39 Å². The Balaban J connectivity index is 1.93. The lowest BCUT2D eigenvalue weighted by atomic mass is 10.1. The lowest BCUT2D eigenvalue weighted by Crippen LogP contribution is -2.54. The minimum Gasteiger partial charge on any atom is -0.336 e. The van der Waals surface area contributed by atoms with Gasteiger partial charge in [0.2, 0.25) is 5.95 Å². The summed E-state index contributed by atoms with van der Waals surface area (Å²) in [6.45, 7) is 6.00. The van der Waals surface area contributed by atoms with Crippen molar-refractivity contribution in [2.75, 3.05) is 18.0 Å². The highest BCUT2D eigenvalue weighted by Gasteiger charge is 2.23. The smallest absolute Gasteiger partial charge is 0.245 e. The second kappa shape index (κ2) is 4.20. The van der Waals surface area contributed by atoms with Crippen molar-refractivity contribution in [3.8, 4) is 0 Å². The average Bonchev–Trinajstić information content (AvgIpc) is 2.70. The first-order valence-electron chi connectivity index (χ1n) is 6.15. The highest BCUT2D eigenvalue weighted by atomic mass is 19.1. The van der Waals surface area contributed by atoms with Crippen LogP contribution in [0.2, 0.25) is 0 Å². The molecule has 18 heavy (non-hydrogen) atoms. The minimum absolute atomic E-state index is 0.305. The zero-order valence-electron chi connectivity index (χ0n) is 10.5. The monoisotopic (exact) mass is 249 g/mol. The summed E-state index contributed by atoms with van der Waals surface area (Å²) < 4.78 is 14.6. The van der Waals surface area contributed by atoms with Gasteiger partial charge in [-0.15, -0.1) is 5.10 Å². The molecule has 1 aliphatic rings. The Bertz CT molecular complexity index is 557. The molecule has 96 valence electrons. The zero-order chi connectivity index (χ0) is 12.7. The number of rotatable bonds is 1. The van der Waals surface area contributed by atoms with E-state index in [1.807, 2.05) is 0 Å². The Labute approximate surface area is 105 Å². The van der Waals surface area contributed by atoms with Gasteiger partial charge in [0, 0.05) is 25.2 Å². The molecule has 1 fully saturated rings. The fourth-order valence-electron chi connectivity index (χ4n) is 2.47. The van der Waals surface area contributed by atoms with Crippen LogP contribution in [-0.4, -0.2) is 39.8 Å². The molecule has 0 amide bonds. The highest BCUT2D eigenvalue weighted by Crippen LogP contribution is 2.15. The van der Waals surface area contributed by atoms with E-state index >= 15 is 0 Å². The van der Waals surface area contributed by atoms with Crippen molar-refractivity contribution < 1.29 is 4.39 Å². The molecule has 6 heteroatoms. The maximum Gasteiger partial charge on any atom is 0.245 e. The van der Waals surface area contributed by atoms with Gasteiger partial charge in [0.15, 0.2) is 5.65 Å². The van der Waals surface area contributed by atoms with E-state index in [-0.39, 0.29) is 5.82 Å². The first-order valence-corrected chi connectivity index (χ1v) is 6.15. The Morgan fingerprint density at radius 1 is 1.28 bits per heavy atom. The fraction of sp³-hybridized carbons (Fsp3) is 0.500. The van der Waals surface area contributed by atoms with Gasteiger partial charge in [0.25, 0.3) is 0 Å². The van der Waals surface area contributed by atoms with Crippen LogP contribution in [-0.2, 0) is 0 Å². The van der Waals surface area contributed by atoms with Gasteiger partial charge in [0.1, 0.15) is 5.82 Å². The third-order valence-electron chi connectivity index (χ3n) is 3.12. The molecule has 1 saturated heterocycles. The van der Waals surface area contributed by atoms with E-state index < -0.39 is 0 Å². The summed E-state index contributed by atoms with van der Waals surface area (Å²) >= 11 is 0. The first-order chi connectivity index (χ1) is 8.61. The van der Waals surface area contributed by atoms with E-state index in [1.54, 1.807) is 6.07 Å². The number of pyridine rings is 1. The summed E-state index contributed by atoms with van der Waals surface area (Å²) in [7, 11) is 0. The van der Waals surface area contributed by atoms with Crippen molar-refractivity contribution in [1.82, 2.24) is 19.9 Å². The van der Waals surface area contributed by atoms with Crippen LogP contribution in [0, 0.1) is 5.82 Å². The van der Waals surface area contributed by atoms with Gasteiger partial charge < -0.3 is 10.2 Å². The molecule has 2 aromatic heterocycles. The molecule has 2 atom stereocenters. The number of hydrogen-bond acceptors (Lipinski definition) is 4. The maximum absolute atomic E-state index is 13.1. The SMILES string of the molecule is CC1CN(c2nc3ccc(F)cn3n2)CC(C)N1. The topological polar surface area (TPSA) is 45.5 Å². The lowest BCUT2D eigenvalue weighted by Gasteiger charge is -2.35. The van der Waals surface area contributed by atoms with Gasteiger partial charge in [-0.3, -0.25) is 0 Å². The van der Waals surface area contributed by atoms with Crippen LogP contribution >= 0.6 is 0 Å². The quantitative estimate of drug-likeness (QED) is 0.820. The van der Waals surface area contributed by atoms with E-state index in [2.05, 4.69) is 34.1 Å². The summed E-state index contributed by atoms with van der Waals surface area (Å²) in [5.41, 5.74) is 0.672. The normalized spacial score (nSPS) is 24.7. The predicted octanol–water partition coefficient (Wildman–Crippen LogP) is 1.05. The number of aromatic nitrogens is 3. The van der Waals surface area contributed by atoms with E-state index in [0.29, 0.717) is 23.7 Å². The molecule has 3 rings (SSSR count). The Morgan fingerprint density at radius 3 is 2.72 bits per heavy atom. The van der Waals surface area contributed by atoms with Crippen LogP contribution in [0.4, 0.5) is 10.3 Å². The van der Waals surface area contributed by atoms with E-state index in [0.717, 1.165) is 13.1 Å². The predicted molar refractivity (Wildman–Crippen MR) is 67.2 cm³/mol. The number of piperazine rings is 1. The van der Waals surface area contributed by atoms with Crippen LogP contribution in [0.5, 0.6) is 0 Å². The van der Waals surface area contributed by atoms with Crippen LogP contribution in [0.3, 0.4) is 0 Å². The molecule has 0 spiro atoms. The van der Waals surface area contributed by atoms with Crippen LogP contribution < -0.4 is 10.2 Å². The average molecular weight is 249 g/mol. The highest BCUT2D eigenvalue weighted by molar-refractivity contribution is 5.45. The van der Waals surface area contributed by atoms with Gasteiger partial charge in [0.05, 0.1) is 6.20 Å². The largest absolute Gasteiger partial charge is 0.336 e. The zero-order valence-corrected chi connectivity index (χ0v) is 10.5. The molecule has 0 aromatic carbocycles. The number of hydrogen-bond donors (Lipinski definition) is 1. The molecular weight excluding hydrogens is 233 g/mol. The molecule has 1 N–H and O–H groups in total. The van der Waals surface area contributed by atoms with Crippen LogP contribution in [0.15, 0.2) is 18.3 Å². The summed E-state index contributed by atoms with van der Waals surface area (Å²) in [4.78, 5) is 6.57. The third-order valence-corrected chi connectivity index (χ3v) is 3.12. The lowest BCUT2D eigenvalue weighted by molar-refractivity contribution is 0.403. The summed E-state index contributed by atoms with van der Waals surface area (Å²) in [5.74, 6) is 0.363. The van der Waals surface area contributed by atoms with Crippen molar-refractivity contribution >= 4 is 11.6 Å². The van der Waals surface area contributed by atoms with Crippen molar-refractivity contribution in [2.24, 2.45) is 0 Å². The minimum atomic E-state index is -0.305. The summed E-state index contributed by atoms with van der Waals surface area (Å²) in [6, 6.07) is 3.84. The Kier molecular flexibility index (Phi) is 2.66. The van der Waals surface area contributed by atoms with Gasteiger partial charge in [-0.25, -0.2) is 8.91 Å². The number of nitrogens with one attached hydrogen (secondary N) is 1. The molecule has 5 nitrogen and oxygen atoms in total. The van der Waals surface area contributed by atoms with Gasteiger partial charge >= 0.3 is 0 Å². The molecule has 2 unspecified atom stereocenters. The standard InChI is InChI=1S/C12H16FN5/c1-8-5-17(6-9(2)14-8)12-15-11-4-3-10(13)7-18(11)16-12/h3-4,7-9,14H,5-6H2,1-2H3. The number of halogens is 1. The van der Waals surface area contributed by atoms with E-state index in [4.69, 9.17) is 0 Å². The molecule has 0 aliphatic carbocycles. The summed E-state index contributed by atoms with van der Waals surface area (Å²) in [6.07, 6.45) is 1.35. The maximum atomic E-state index is 13.1. The molecule has 1 aliphatic heterocycles. The first kappa shape index (κ1) is 11.4.